The van der Waals surface area contributed by atoms with Crippen LogP contribution in [0.1, 0.15) is 33.6 Å². The number of benzene rings is 1. The fraction of sp³-hybridized carbons (Fsp3) is 0.438. The first-order valence-electron chi connectivity index (χ1n) is 6.42. The molecule has 0 radical (unpaired) electrons. The summed E-state index contributed by atoms with van der Waals surface area (Å²) < 4.78 is 0. The highest BCUT2D eigenvalue weighted by Gasteiger charge is 2.35. The third-order valence-corrected chi connectivity index (χ3v) is 4.86. The smallest absolute Gasteiger partial charge is 0.142 e. The van der Waals surface area contributed by atoms with Gasteiger partial charge in [0.25, 0.3) is 0 Å². The molecule has 0 N–H and O–H groups in total. The SMILES string of the molecule is CC1=C(CSc2ccccc2)C(C)(C)C(=O)CC1. The summed E-state index contributed by atoms with van der Waals surface area (Å²) in [5, 5.41) is 0. The fourth-order valence-corrected chi connectivity index (χ4v) is 3.71. The van der Waals surface area contributed by atoms with Crippen LogP contribution in [0.25, 0.3) is 0 Å². The molecule has 0 aliphatic heterocycles. The molecule has 0 bridgehead atoms. The van der Waals surface area contributed by atoms with Gasteiger partial charge < -0.3 is 0 Å². The summed E-state index contributed by atoms with van der Waals surface area (Å²) in [6.07, 6.45) is 1.64. The number of rotatable bonds is 3. The van der Waals surface area contributed by atoms with Gasteiger partial charge in [-0.25, -0.2) is 0 Å². The van der Waals surface area contributed by atoms with Gasteiger partial charge in [-0.15, -0.1) is 11.8 Å². The average molecular weight is 260 g/mol. The lowest BCUT2D eigenvalue weighted by molar-refractivity contribution is -0.125. The van der Waals surface area contributed by atoms with E-state index in [1.807, 2.05) is 17.8 Å². The van der Waals surface area contributed by atoms with E-state index in [1.54, 1.807) is 0 Å². The van der Waals surface area contributed by atoms with Crippen LogP contribution >= 0.6 is 11.8 Å². The Kier molecular flexibility index (Phi) is 3.96. The van der Waals surface area contributed by atoms with Crippen LogP contribution in [0.15, 0.2) is 46.4 Å². The maximum atomic E-state index is 12.0. The maximum absolute atomic E-state index is 12.0. The monoisotopic (exact) mass is 260 g/mol. The van der Waals surface area contributed by atoms with E-state index in [4.69, 9.17) is 0 Å². The largest absolute Gasteiger partial charge is 0.299 e. The molecule has 2 rings (SSSR count). The number of thioether (sulfide) groups is 1. The van der Waals surface area contributed by atoms with E-state index >= 15 is 0 Å². The molecule has 0 aromatic heterocycles. The van der Waals surface area contributed by atoms with Gasteiger partial charge in [-0.3, -0.25) is 4.79 Å². The zero-order valence-electron chi connectivity index (χ0n) is 11.3. The van der Waals surface area contributed by atoms with Gasteiger partial charge in [0.2, 0.25) is 0 Å². The number of Topliss-reactive ketones (excluding diaryl/α,β-unsaturated/α-hetero) is 1. The Hall–Kier alpha value is -1.02. The predicted molar refractivity (Wildman–Crippen MR) is 77.9 cm³/mol. The first-order valence-corrected chi connectivity index (χ1v) is 7.40. The number of hydrogen-bond acceptors (Lipinski definition) is 2. The van der Waals surface area contributed by atoms with E-state index < -0.39 is 0 Å². The van der Waals surface area contributed by atoms with E-state index in [2.05, 4.69) is 45.0 Å². The van der Waals surface area contributed by atoms with Gasteiger partial charge in [0.05, 0.1) is 0 Å². The van der Waals surface area contributed by atoms with Crippen molar-refractivity contribution in [3.63, 3.8) is 0 Å². The van der Waals surface area contributed by atoms with Crippen molar-refractivity contribution in [1.82, 2.24) is 0 Å². The summed E-state index contributed by atoms with van der Waals surface area (Å²) in [6.45, 7) is 6.31. The molecule has 1 nitrogen and oxygen atoms in total. The molecule has 2 heteroatoms. The van der Waals surface area contributed by atoms with Crippen molar-refractivity contribution in [3.8, 4) is 0 Å². The molecule has 0 atom stereocenters. The summed E-state index contributed by atoms with van der Waals surface area (Å²) in [5.41, 5.74) is 2.46. The fourth-order valence-electron chi connectivity index (χ4n) is 2.44. The van der Waals surface area contributed by atoms with Crippen LogP contribution in [0.2, 0.25) is 0 Å². The van der Waals surface area contributed by atoms with Gasteiger partial charge >= 0.3 is 0 Å². The highest BCUT2D eigenvalue weighted by Crippen LogP contribution is 2.40. The molecule has 1 aliphatic rings. The third-order valence-electron chi connectivity index (χ3n) is 3.82. The zero-order valence-corrected chi connectivity index (χ0v) is 12.1. The number of carbonyl (C=O) groups excluding carboxylic acids is 1. The Morgan fingerprint density at radius 1 is 1.17 bits per heavy atom. The van der Waals surface area contributed by atoms with Gasteiger partial charge in [0.1, 0.15) is 5.78 Å². The minimum absolute atomic E-state index is 0.274. The molecule has 1 aromatic rings. The Bertz CT molecular complexity index is 471. The Balaban J connectivity index is 2.14. The van der Waals surface area contributed by atoms with Gasteiger partial charge in [-0.05, 0) is 44.9 Å². The topological polar surface area (TPSA) is 17.1 Å². The van der Waals surface area contributed by atoms with Crippen LogP contribution in [-0.2, 0) is 4.79 Å². The maximum Gasteiger partial charge on any atom is 0.142 e. The Morgan fingerprint density at radius 3 is 2.50 bits per heavy atom. The normalized spacial score (nSPS) is 19.2. The number of hydrogen-bond donors (Lipinski definition) is 0. The molecule has 1 aromatic carbocycles. The zero-order chi connectivity index (χ0) is 13.2. The molecule has 1 aliphatic carbocycles. The molecule has 0 amide bonds. The summed E-state index contributed by atoms with van der Waals surface area (Å²) in [5.74, 6) is 1.31. The second-order valence-corrected chi connectivity index (χ2v) is 6.46. The second kappa shape index (κ2) is 5.31. The van der Waals surface area contributed by atoms with Crippen LogP contribution in [0.5, 0.6) is 0 Å². The Labute approximate surface area is 114 Å². The van der Waals surface area contributed by atoms with Crippen LogP contribution in [0.3, 0.4) is 0 Å². The van der Waals surface area contributed by atoms with E-state index in [0.29, 0.717) is 12.2 Å². The standard InChI is InChI=1S/C16H20OS/c1-12-9-10-15(17)16(2,3)14(12)11-18-13-7-5-4-6-8-13/h4-8H,9-11H2,1-3H3. The lowest BCUT2D eigenvalue weighted by atomic mass is 9.72. The number of ketones is 1. The van der Waals surface area contributed by atoms with E-state index in [9.17, 15) is 4.79 Å². The molecule has 0 spiro atoms. The second-order valence-electron chi connectivity index (χ2n) is 5.41. The predicted octanol–water partition coefficient (Wildman–Crippen LogP) is 4.48. The minimum Gasteiger partial charge on any atom is -0.299 e. The van der Waals surface area contributed by atoms with E-state index in [-0.39, 0.29) is 5.41 Å². The highest BCUT2D eigenvalue weighted by atomic mass is 32.2. The first kappa shape index (κ1) is 13.4. The molecule has 0 saturated heterocycles. The van der Waals surface area contributed by atoms with Crippen LogP contribution in [0.4, 0.5) is 0 Å². The summed E-state index contributed by atoms with van der Waals surface area (Å²) >= 11 is 1.82. The molecule has 0 unspecified atom stereocenters. The summed E-state index contributed by atoms with van der Waals surface area (Å²) in [6, 6.07) is 10.4. The molecule has 0 saturated carbocycles. The van der Waals surface area contributed by atoms with Gasteiger partial charge in [0, 0.05) is 22.5 Å². The summed E-state index contributed by atoms with van der Waals surface area (Å²) in [4.78, 5) is 13.3. The quantitative estimate of drug-likeness (QED) is 0.588. The van der Waals surface area contributed by atoms with Crippen molar-refractivity contribution in [2.45, 2.75) is 38.5 Å². The van der Waals surface area contributed by atoms with Crippen LogP contribution < -0.4 is 0 Å². The van der Waals surface area contributed by atoms with Crippen molar-refractivity contribution in [2.24, 2.45) is 5.41 Å². The van der Waals surface area contributed by atoms with Gasteiger partial charge in [0.15, 0.2) is 0 Å². The van der Waals surface area contributed by atoms with Crippen LogP contribution in [0, 0.1) is 5.41 Å². The highest BCUT2D eigenvalue weighted by molar-refractivity contribution is 7.99. The number of carbonyl (C=O) groups is 1. The molecular weight excluding hydrogens is 240 g/mol. The van der Waals surface area contributed by atoms with Gasteiger partial charge in [-0.1, -0.05) is 23.8 Å². The average Bonchev–Trinajstić information content (AvgIpc) is 2.35. The van der Waals surface area contributed by atoms with Crippen molar-refractivity contribution in [2.75, 3.05) is 5.75 Å². The van der Waals surface area contributed by atoms with Crippen molar-refractivity contribution >= 4 is 17.5 Å². The first-order chi connectivity index (χ1) is 8.51. The number of allylic oxidation sites excluding steroid dienone is 1. The van der Waals surface area contributed by atoms with Crippen LogP contribution in [-0.4, -0.2) is 11.5 Å². The summed E-state index contributed by atoms with van der Waals surface area (Å²) in [7, 11) is 0. The molecule has 0 heterocycles. The molecule has 0 fully saturated rings. The van der Waals surface area contributed by atoms with Crippen molar-refractivity contribution < 1.29 is 4.79 Å². The van der Waals surface area contributed by atoms with Gasteiger partial charge in [-0.2, -0.15) is 0 Å². The molecule has 96 valence electrons. The Morgan fingerprint density at radius 2 is 1.83 bits per heavy atom. The lowest BCUT2D eigenvalue weighted by Crippen LogP contribution is -2.31. The van der Waals surface area contributed by atoms with E-state index in [0.717, 1.165) is 12.2 Å². The molecule has 18 heavy (non-hydrogen) atoms. The minimum atomic E-state index is -0.274. The molecular formula is C16H20OS. The third kappa shape index (κ3) is 2.69. The van der Waals surface area contributed by atoms with Crippen molar-refractivity contribution in [1.29, 1.82) is 0 Å². The van der Waals surface area contributed by atoms with Crippen molar-refractivity contribution in [3.05, 3.63) is 41.5 Å². The lowest BCUT2D eigenvalue weighted by Gasteiger charge is -2.33. The van der Waals surface area contributed by atoms with E-state index in [1.165, 1.54) is 16.0 Å².